The molecular weight excluding hydrogens is 236 g/mol. The summed E-state index contributed by atoms with van der Waals surface area (Å²) < 4.78 is 0. The Morgan fingerprint density at radius 3 is 2.29 bits per heavy atom. The van der Waals surface area contributed by atoms with Crippen LogP contribution >= 0.6 is 15.9 Å². The summed E-state index contributed by atoms with van der Waals surface area (Å²) in [5, 5.41) is 0. The minimum absolute atomic E-state index is 0.607. The predicted molar refractivity (Wildman–Crippen MR) is 67.2 cm³/mol. The molecule has 0 spiro atoms. The van der Waals surface area contributed by atoms with Gasteiger partial charge in [-0.1, -0.05) is 66.0 Å². The molecule has 0 aliphatic carbocycles. The number of hydrogen-bond acceptors (Lipinski definition) is 0. The highest BCUT2D eigenvalue weighted by atomic mass is 79.9. The minimum atomic E-state index is 0.607. The Labute approximate surface area is 95.9 Å². The molecule has 0 amide bonds. The molecule has 0 bridgehead atoms. The van der Waals surface area contributed by atoms with Gasteiger partial charge in [0.1, 0.15) is 0 Å². The smallest absolute Gasteiger partial charge is 0.0211 e. The molecule has 0 fully saturated rings. The molecule has 1 heteroatoms. The average Bonchev–Trinajstić information content (AvgIpc) is 2.18. The Morgan fingerprint density at radius 2 is 1.79 bits per heavy atom. The number of halogens is 1. The monoisotopic (exact) mass is 254 g/mol. The van der Waals surface area contributed by atoms with Gasteiger partial charge in [-0.25, -0.2) is 0 Å². The lowest BCUT2D eigenvalue weighted by Gasteiger charge is -2.18. The summed E-state index contributed by atoms with van der Waals surface area (Å²) in [6.45, 7) is 6.65. The van der Waals surface area contributed by atoms with Crippen LogP contribution in [0.2, 0.25) is 0 Å². The number of benzene rings is 1. The van der Waals surface area contributed by atoms with Crippen LogP contribution in [0.3, 0.4) is 0 Å². The van der Waals surface area contributed by atoms with Crippen molar-refractivity contribution >= 4 is 15.9 Å². The molecule has 1 aromatic carbocycles. The number of aryl methyl sites for hydroxylation is 1. The van der Waals surface area contributed by atoms with Crippen LogP contribution in [0.1, 0.15) is 43.7 Å². The number of alkyl halides is 1. The summed E-state index contributed by atoms with van der Waals surface area (Å²) in [5.41, 5.74) is 2.77. The fourth-order valence-corrected chi connectivity index (χ4v) is 2.37. The van der Waals surface area contributed by atoms with E-state index in [1.807, 2.05) is 0 Å². The van der Waals surface area contributed by atoms with E-state index in [9.17, 15) is 0 Å². The Hall–Kier alpha value is -0.300. The van der Waals surface area contributed by atoms with Crippen LogP contribution in [0.4, 0.5) is 0 Å². The van der Waals surface area contributed by atoms with Gasteiger partial charge in [0.2, 0.25) is 0 Å². The highest BCUT2D eigenvalue weighted by Gasteiger charge is 2.14. The molecule has 0 saturated heterocycles. The second kappa shape index (κ2) is 5.55. The maximum atomic E-state index is 3.76. The van der Waals surface area contributed by atoms with Gasteiger partial charge in [0.15, 0.2) is 0 Å². The largest absolute Gasteiger partial charge is 0.0884 e. The summed E-state index contributed by atoms with van der Waals surface area (Å²) in [7, 11) is 0. The first-order valence-corrected chi connectivity index (χ1v) is 6.27. The van der Waals surface area contributed by atoms with Crippen LogP contribution < -0.4 is 0 Å². The van der Waals surface area contributed by atoms with Gasteiger partial charge < -0.3 is 0 Å². The molecule has 0 aliphatic rings. The highest BCUT2D eigenvalue weighted by molar-refractivity contribution is 9.09. The van der Waals surface area contributed by atoms with Crippen LogP contribution in [-0.2, 0) is 0 Å². The molecule has 0 nitrogen and oxygen atoms in total. The second-order valence-corrected chi connectivity index (χ2v) is 5.18. The molecule has 0 N–H and O–H groups in total. The Bertz CT molecular complexity index is 263. The van der Waals surface area contributed by atoms with Crippen LogP contribution in [0, 0.1) is 6.92 Å². The van der Waals surface area contributed by atoms with Gasteiger partial charge in [-0.3, -0.25) is 0 Å². The Balaban J connectivity index is 2.68. The van der Waals surface area contributed by atoms with Crippen LogP contribution in [0.25, 0.3) is 0 Å². The van der Waals surface area contributed by atoms with E-state index in [4.69, 9.17) is 0 Å². The summed E-state index contributed by atoms with van der Waals surface area (Å²) in [5.74, 6) is 0.607. The Kier molecular flexibility index (Phi) is 4.67. The first-order chi connectivity index (χ1) is 6.65. The van der Waals surface area contributed by atoms with Crippen molar-refractivity contribution < 1.29 is 0 Å². The maximum Gasteiger partial charge on any atom is 0.0211 e. The molecule has 0 aliphatic heterocycles. The molecule has 2 unspecified atom stereocenters. The first-order valence-electron chi connectivity index (χ1n) is 5.35. The van der Waals surface area contributed by atoms with E-state index < -0.39 is 0 Å². The molecule has 0 heterocycles. The van der Waals surface area contributed by atoms with E-state index >= 15 is 0 Å². The van der Waals surface area contributed by atoms with Crippen molar-refractivity contribution in [2.75, 3.05) is 0 Å². The van der Waals surface area contributed by atoms with Gasteiger partial charge in [-0.05, 0) is 24.8 Å². The van der Waals surface area contributed by atoms with E-state index in [0.29, 0.717) is 10.7 Å². The van der Waals surface area contributed by atoms with Crippen molar-refractivity contribution in [3.8, 4) is 0 Å². The lowest BCUT2D eigenvalue weighted by molar-refractivity contribution is 0.651. The van der Waals surface area contributed by atoms with Crippen molar-refractivity contribution in [3.63, 3.8) is 0 Å². The standard InChI is InChI=1S/C13H19Br/c1-4-5-13(14)11(3)12-8-6-10(2)7-9-12/h6-9,11,13H,4-5H2,1-3H3. The van der Waals surface area contributed by atoms with Gasteiger partial charge >= 0.3 is 0 Å². The van der Waals surface area contributed by atoms with E-state index in [1.54, 1.807) is 0 Å². The van der Waals surface area contributed by atoms with Crippen LogP contribution in [-0.4, -0.2) is 4.83 Å². The summed E-state index contributed by atoms with van der Waals surface area (Å²) in [6, 6.07) is 8.86. The van der Waals surface area contributed by atoms with Gasteiger partial charge in [-0.2, -0.15) is 0 Å². The topological polar surface area (TPSA) is 0 Å². The van der Waals surface area contributed by atoms with Gasteiger partial charge in [0, 0.05) is 4.83 Å². The van der Waals surface area contributed by atoms with Crippen LogP contribution in [0.15, 0.2) is 24.3 Å². The normalized spacial score (nSPS) is 15.1. The minimum Gasteiger partial charge on any atom is -0.0884 e. The highest BCUT2D eigenvalue weighted by Crippen LogP contribution is 2.27. The average molecular weight is 255 g/mol. The van der Waals surface area contributed by atoms with Gasteiger partial charge in [-0.15, -0.1) is 0 Å². The lowest BCUT2D eigenvalue weighted by atomic mass is 9.95. The summed E-state index contributed by atoms with van der Waals surface area (Å²) >= 11 is 3.76. The Morgan fingerprint density at radius 1 is 1.21 bits per heavy atom. The second-order valence-electron chi connectivity index (χ2n) is 4.00. The number of hydrogen-bond donors (Lipinski definition) is 0. The van der Waals surface area contributed by atoms with E-state index in [2.05, 4.69) is 61.0 Å². The van der Waals surface area contributed by atoms with Crippen molar-refractivity contribution in [3.05, 3.63) is 35.4 Å². The van der Waals surface area contributed by atoms with Gasteiger partial charge in [0.25, 0.3) is 0 Å². The zero-order valence-corrected chi connectivity index (χ0v) is 10.8. The molecule has 0 saturated carbocycles. The quantitative estimate of drug-likeness (QED) is 0.686. The molecule has 1 aromatic rings. The molecule has 14 heavy (non-hydrogen) atoms. The predicted octanol–water partition coefficient (Wildman–Crippen LogP) is 4.66. The zero-order chi connectivity index (χ0) is 10.6. The number of rotatable bonds is 4. The third-order valence-electron chi connectivity index (χ3n) is 2.71. The summed E-state index contributed by atoms with van der Waals surface area (Å²) in [4.78, 5) is 0.607. The molecule has 78 valence electrons. The maximum absolute atomic E-state index is 3.76. The van der Waals surface area contributed by atoms with Crippen molar-refractivity contribution in [1.29, 1.82) is 0 Å². The fourth-order valence-electron chi connectivity index (χ4n) is 1.60. The molecular formula is C13H19Br. The van der Waals surface area contributed by atoms with Crippen molar-refractivity contribution in [2.24, 2.45) is 0 Å². The fraction of sp³-hybridized carbons (Fsp3) is 0.538. The third kappa shape index (κ3) is 3.13. The third-order valence-corrected chi connectivity index (χ3v) is 3.96. The molecule has 0 aromatic heterocycles. The zero-order valence-electron chi connectivity index (χ0n) is 9.26. The van der Waals surface area contributed by atoms with E-state index in [1.165, 1.54) is 24.0 Å². The van der Waals surface area contributed by atoms with Crippen molar-refractivity contribution in [1.82, 2.24) is 0 Å². The SMILES string of the molecule is CCCC(Br)C(C)c1ccc(C)cc1. The lowest BCUT2D eigenvalue weighted by Crippen LogP contribution is -2.08. The van der Waals surface area contributed by atoms with Crippen LogP contribution in [0.5, 0.6) is 0 Å². The van der Waals surface area contributed by atoms with E-state index in [0.717, 1.165) is 0 Å². The molecule has 0 radical (unpaired) electrons. The molecule has 1 rings (SSSR count). The van der Waals surface area contributed by atoms with Crippen molar-refractivity contribution in [2.45, 2.75) is 44.4 Å². The molecule has 2 atom stereocenters. The van der Waals surface area contributed by atoms with E-state index in [-0.39, 0.29) is 0 Å². The first kappa shape index (κ1) is 11.8. The summed E-state index contributed by atoms with van der Waals surface area (Å²) in [6.07, 6.45) is 2.49. The van der Waals surface area contributed by atoms with Gasteiger partial charge in [0.05, 0.1) is 0 Å².